The molecule has 0 unspecified atom stereocenters. The molecule has 3 nitrogen and oxygen atoms in total. The minimum atomic E-state index is -0.415. The number of unbranched alkanes of at least 4 members (excludes halogenated alkanes) is 3. The van der Waals surface area contributed by atoms with E-state index < -0.39 is 5.82 Å². The lowest BCUT2D eigenvalue weighted by Gasteiger charge is -2.07. The Bertz CT molecular complexity index is 393. The molecular formula is C14H20FNO2. The van der Waals surface area contributed by atoms with E-state index in [0.29, 0.717) is 24.3 Å². The van der Waals surface area contributed by atoms with Crippen molar-refractivity contribution in [1.29, 1.82) is 0 Å². The molecule has 0 atom stereocenters. The highest BCUT2D eigenvalue weighted by Gasteiger charge is 2.12. The van der Waals surface area contributed by atoms with Crippen LogP contribution in [0, 0.1) is 5.82 Å². The zero-order chi connectivity index (χ0) is 13.4. The zero-order valence-electron chi connectivity index (χ0n) is 10.7. The van der Waals surface area contributed by atoms with E-state index >= 15 is 0 Å². The lowest BCUT2D eigenvalue weighted by atomic mass is 10.0. The average molecular weight is 253 g/mol. The number of ether oxygens (including phenoxy) is 1. The fourth-order valence-electron chi connectivity index (χ4n) is 1.82. The van der Waals surface area contributed by atoms with Crippen LogP contribution in [0.3, 0.4) is 0 Å². The quantitative estimate of drug-likeness (QED) is 0.572. The van der Waals surface area contributed by atoms with Gasteiger partial charge in [0.05, 0.1) is 12.7 Å². The van der Waals surface area contributed by atoms with Crippen molar-refractivity contribution in [3.63, 3.8) is 0 Å². The number of hydrogen-bond acceptors (Lipinski definition) is 3. The number of carbonyl (C=O) groups is 1. The van der Waals surface area contributed by atoms with Crippen LogP contribution >= 0.6 is 0 Å². The summed E-state index contributed by atoms with van der Waals surface area (Å²) in [5.41, 5.74) is 5.72. The molecule has 1 aromatic rings. The maximum atomic E-state index is 13.1. The summed E-state index contributed by atoms with van der Waals surface area (Å²) in [5.74, 6) is -0.0512. The number of Topliss-reactive ketones (excluding diaryl/α,β-unsaturated/α-hetero) is 1. The molecule has 100 valence electrons. The highest BCUT2D eigenvalue weighted by atomic mass is 19.1. The number of carbonyl (C=O) groups excluding carboxylic acids is 1. The van der Waals surface area contributed by atoms with Gasteiger partial charge in [-0.3, -0.25) is 4.79 Å². The molecule has 0 bridgehead atoms. The van der Waals surface area contributed by atoms with E-state index in [2.05, 4.69) is 0 Å². The number of nitrogens with two attached hydrogens (primary N) is 1. The summed E-state index contributed by atoms with van der Waals surface area (Å²) in [6.07, 6.45) is 4.21. The van der Waals surface area contributed by atoms with Gasteiger partial charge in [0.25, 0.3) is 0 Å². The van der Waals surface area contributed by atoms with Crippen molar-refractivity contribution in [1.82, 2.24) is 0 Å². The van der Waals surface area contributed by atoms with Crippen LogP contribution in [-0.4, -0.2) is 19.4 Å². The van der Waals surface area contributed by atoms with Gasteiger partial charge >= 0.3 is 0 Å². The second-order valence-corrected chi connectivity index (χ2v) is 4.22. The lowest BCUT2D eigenvalue weighted by Crippen LogP contribution is -2.03. The van der Waals surface area contributed by atoms with Crippen molar-refractivity contribution in [2.24, 2.45) is 5.73 Å². The first-order valence-electron chi connectivity index (χ1n) is 6.26. The van der Waals surface area contributed by atoms with E-state index in [-0.39, 0.29) is 5.78 Å². The highest BCUT2D eigenvalue weighted by Crippen LogP contribution is 2.21. The third-order valence-electron chi connectivity index (χ3n) is 2.82. The Morgan fingerprint density at radius 1 is 1.28 bits per heavy atom. The highest BCUT2D eigenvalue weighted by molar-refractivity contribution is 5.98. The van der Waals surface area contributed by atoms with Crippen LogP contribution in [0.25, 0.3) is 0 Å². The first kappa shape index (κ1) is 14.6. The Morgan fingerprint density at radius 3 is 2.67 bits per heavy atom. The Kier molecular flexibility index (Phi) is 6.36. The topological polar surface area (TPSA) is 52.3 Å². The van der Waals surface area contributed by atoms with Gasteiger partial charge in [0, 0.05) is 6.42 Å². The molecule has 0 aliphatic heterocycles. The fraction of sp³-hybridized carbons (Fsp3) is 0.500. The summed E-state index contributed by atoms with van der Waals surface area (Å²) in [6.45, 7) is 0.686. The molecule has 0 amide bonds. The van der Waals surface area contributed by atoms with E-state index in [1.807, 2.05) is 0 Å². The molecule has 0 aliphatic carbocycles. The molecule has 0 saturated heterocycles. The molecule has 4 heteroatoms. The lowest BCUT2D eigenvalue weighted by molar-refractivity contribution is 0.0975. The van der Waals surface area contributed by atoms with Crippen LogP contribution < -0.4 is 10.5 Å². The maximum Gasteiger partial charge on any atom is 0.166 e. The standard InChI is InChI=1S/C14H20FNO2/c1-18-14-8-7-11(15)10-12(14)13(17)6-4-2-3-5-9-16/h7-8,10H,2-6,9,16H2,1H3. The normalized spacial score (nSPS) is 10.4. The summed E-state index contributed by atoms with van der Waals surface area (Å²) in [6, 6.07) is 4.01. The smallest absolute Gasteiger partial charge is 0.166 e. The molecule has 1 aromatic carbocycles. The maximum absolute atomic E-state index is 13.1. The van der Waals surface area contributed by atoms with Gasteiger partial charge in [0.15, 0.2) is 5.78 Å². The fourth-order valence-corrected chi connectivity index (χ4v) is 1.82. The summed E-state index contributed by atoms with van der Waals surface area (Å²) >= 11 is 0. The SMILES string of the molecule is COc1ccc(F)cc1C(=O)CCCCCCN. The van der Waals surface area contributed by atoms with Crippen LogP contribution in [0.2, 0.25) is 0 Å². The predicted octanol–water partition coefficient (Wildman–Crippen LogP) is 2.93. The summed E-state index contributed by atoms with van der Waals surface area (Å²) in [7, 11) is 1.48. The molecule has 0 aliphatic rings. The number of benzene rings is 1. The van der Waals surface area contributed by atoms with E-state index in [9.17, 15) is 9.18 Å². The van der Waals surface area contributed by atoms with Crippen LogP contribution in [0.4, 0.5) is 4.39 Å². The number of methoxy groups -OCH3 is 1. The van der Waals surface area contributed by atoms with Crippen LogP contribution in [0.1, 0.15) is 42.5 Å². The third-order valence-corrected chi connectivity index (χ3v) is 2.82. The third kappa shape index (κ3) is 4.45. The van der Waals surface area contributed by atoms with Gasteiger partial charge in [0.2, 0.25) is 0 Å². The first-order chi connectivity index (χ1) is 8.69. The monoisotopic (exact) mass is 253 g/mol. The number of rotatable bonds is 8. The van der Waals surface area contributed by atoms with E-state index in [0.717, 1.165) is 25.7 Å². The van der Waals surface area contributed by atoms with Crippen molar-refractivity contribution in [2.45, 2.75) is 32.1 Å². The molecule has 1 rings (SSSR count). The minimum Gasteiger partial charge on any atom is -0.496 e. The van der Waals surface area contributed by atoms with Crippen LogP contribution in [0.5, 0.6) is 5.75 Å². The van der Waals surface area contributed by atoms with Crippen molar-refractivity contribution in [3.05, 3.63) is 29.6 Å². The van der Waals surface area contributed by atoms with Gasteiger partial charge < -0.3 is 10.5 Å². The second kappa shape index (κ2) is 7.82. The van der Waals surface area contributed by atoms with Crippen molar-refractivity contribution >= 4 is 5.78 Å². The second-order valence-electron chi connectivity index (χ2n) is 4.22. The first-order valence-corrected chi connectivity index (χ1v) is 6.26. The molecule has 0 aromatic heterocycles. The van der Waals surface area contributed by atoms with Crippen molar-refractivity contribution in [3.8, 4) is 5.75 Å². The minimum absolute atomic E-state index is 0.0703. The molecule has 0 saturated carbocycles. The molecule has 18 heavy (non-hydrogen) atoms. The Balaban J connectivity index is 2.52. The molecular weight excluding hydrogens is 233 g/mol. The Hall–Kier alpha value is -1.42. The summed E-state index contributed by atoms with van der Waals surface area (Å²) in [4.78, 5) is 11.9. The van der Waals surface area contributed by atoms with Gasteiger partial charge in [-0.05, 0) is 37.6 Å². The number of ketones is 1. The summed E-state index contributed by atoms with van der Waals surface area (Å²) in [5, 5.41) is 0. The van der Waals surface area contributed by atoms with Crippen molar-refractivity contribution < 1.29 is 13.9 Å². The van der Waals surface area contributed by atoms with Gasteiger partial charge in [-0.1, -0.05) is 12.8 Å². The largest absolute Gasteiger partial charge is 0.496 e. The van der Waals surface area contributed by atoms with Gasteiger partial charge in [-0.2, -0.15) is 0 Å². The average Bonchev–Trinajstić information content (AvgIpc) is 2.38. The van der Waals surface area contributed by atoms with Crippen LogP contribution in [0.15, 0.2) is 18.2 Å². The van der Waals surface area contributed by atoms with E-state index in [1.54, 1.807) is 0 Å². The van der Waals surface area contributed by atoms with Gasteiger partial charge in [0.1, 0.15) is 11.6 Å². The zero-order valence-corrected chi connectivity index (χ0v) is 10.7. The van der Waals surface area contributed by atoms with Crippen LogP contribution in [-0.2, 0) is 0 Å². The predicted molar refractivity (Wildman–Crippen MR) is 69.4 cm³/mol. The molecule has 0 spiro atoms. The van der Waals surface area contributed by atoms with Crippen molar-refractivity contribution in [2.75, 3.05) is 13.7 Å². The van der Waals surface area contributed by atoms with Gasteiger partial charge in [-0.25, -0.2) is 4.39 Å². The molecule has 0 heterocycles. The van der Waals surface area contributed by atoms with Gasteiger partial charge in [-0.15, -0.1) is 0 Å². The molecule has 2 N–H and O–H groups in total. The number of hydrogen-bond donors (Lipinski definition) is 1. The summed E-state index contributed by atoms with van der Waals surface area (Å²) < 4.78 is 18.2. The Morgan fingerprint density at radius 2 is 2.00 bits per heavy atom. The Labute approximate surface area is 107 Å². The number of halogens is 1. The van der Waals surface area contributed by atoms with E-state index in [4.69, 9.17) is 10.5 Å². The molecule has 0 radical (unpaired) electrons. The van der Waals surface area contributed by atoms with E-state index in [1.165, 1.54) is 25.3 Å². The molecule has 0 fully saturated rings.